The molecule has 1 heterocycles. The Hall–Kier alpha value is 0.390. The number of nitrogens with one attached hydrogen (secondary N) is 1. The lowest BCUT2D eigenvalue weighted by Gasteiger charge is -1.99. The quantitative estimate of drug-likeness (QED) is 0.483. The Kier molecular flexibility index (Phi) is 5.98. The summed E-state index contributed by atoms with van der Waals surface area (Å²) < 4.78 is 1.25. The summed E-state index contributed by atoms with van der Waals surface area (Å²) in [6.07, 6.45) is 2.44. The zero-order valence-electron chi connectivity index (χ0n) is 7.98. The van der Waals surface area contributed by atoms with Gasteiger partial charge in [-0.15, -0.1) is 11.3 Å². The first-order valence-corrected chi connectivity index (χ1v) is 7.05. The summed E-state index contributed by atoms with van der Waals surface area (Å²) in [5, 5.41) is 3.45. The van der Waals surface area contributed by atoms with Crippen LogP contribution in [0.15, 0.2) is 12.1 Å². The van der Waals surface area contributed by atoms with Crippen molar-refractivity contribution in [2.24, 2.45) is 0 Å². The number of halogens is 1. The maximum absolute atomic E-state index is 3.45. The molecule has 0 fully saturated rings. The van der Waals surface area contributed by atoms with Gasteiger partial charge in [0.25, 0.3) is 0 Å². The average molecular weight is 309 g/mol. The monoisotopic (exact) mass is 309 g/mol. The second-order valence-electron chi connectivity index (χ2n) is 2.94. The van der Waals surface area contributed by atoms with Crippen LogP contribution in [0.4, 0.5) is 0 Å². The van der Waals surface area contributed by atoms with Crippen molar-refractivity contribution in [2.75, 3.05) is 11.0 Å². The van der Waals surface area contributed by atoms with Crippen LogP contribution >= 0.6 is 33.9 Å². The molecule has 0 unspecified atom stereocenters. The van der Waals surface area contributed by atoms with Crippen LogP contribution in [0, 0.1) is 0 Å². The van der Waals surface area contributed by atoms with Gasteiger partial charge >= 0.3 is 0 Å². The molecule has 0 bridgehead atoms. The minimum Gasteiger partial charge on any atom is -0.312 e. The van der Waals surface area contributed by atoms with E-state index in [4.69, 9.17) is 0 Å². The fourth-order valence-electron chi connectivity index (χ4n) is 1.11. The van der Waals surface area contributed by atoms with E-state index in [0.717, 1.165) is 13.1 Å². The van der Waals surface area contributed by atoms with Gasteiger partial charge in [0.05, 0.1) is 0 Å². The molecule has 0 aliphatic carbocycles. The topological polar surface area (TPSA) is 12.0 Å². The van der Waals surface area contributed by atoms with Crippen molar-refractivity contribution in [1.82, 2.24) is 5.32 Å². The van der Waals surface area contributed by atoms with E-state index in [1.807, 2.05) is 11.3 Å². The molecule has 0 spiro atoms. The minimum atomic E-state index is 1.04. The summed E-state index contributed by atoms with van der Waals surface area (Å²) in [6, 6.07) is 4.47. The van der Waals surface area contributed by atoms with E-state index in [2.05, 4.69) is 47.0 Å². The highest BCUT2D eigenvalue weighted by Gasteiger charge is 1.96. The van der Waals surface area contributed by atoms with Crippen molar-refractivity contribution in [3.05, 3.63) is 21.9 Å². The molecule has 1 aromatic rings. The highest BCUT2D eigenvalue weighted by Crippen LogP contribution is 2.16. The van der Waals surface area contributed by atoms with E-state index < -0.39 is 0 Å². The largest absolute Gasteiger partial charge is 0.312 e. The number of alkyl halides is 1. The van der Waals surface area contributed by atoms with Crippen LogP contribution in [0.25, 0.3) is 0 Å². The standard InChI is InChI=1S/C10H16INS/c1-2-9-4-5-10(13-9)8-12-7-3-6-11/h4-5,12H,2-3,6-8H2,1H3. The third-order valence-corrected chi connectivity index (χ3v) is 3.84. The van der Waals surface area contributed by atoms with Crippen molar-refractivity contribution >= 4 is 33.9 Å². The molecule has 1 N–H and O–H groups in total. The minimum absolute atomic E-state index is 1.04. The highest BCUT2D eigenvalue weighted by molar-refractivity contribution is 14.1. The number of rotatable bonds is 6. The van der Waals surface area contributed by atoms with Crippen molar-refractivity contribution in [3.8, 4) is 0 Å². The van der Waals surface area contributed by atoms with Gasteiger partial charge in [-0.2, -0.15) is 0 Å². The molecular weight excluding hydrogens is 293 g/mol. The SMILES string of the molecule is CCc1ccc(CNCCCI)s1. The van der Waals surface area contributed by atoms with Crippen LogP contribution in [0.5, 0.6) is 0 Å². The zero-order valence-corrected chi connectivity index (χ0v) is 11.0. The zero-order chi connectivity index (χ0) is 9.52. The van der Waals surface area contributed by atoms with Gasteiger partial charge in [0.2, 0.25) is 0 Å². The first-order chi connectivity index (χ1) is 6.36. The van der Waals surface area contributed by atoms with Crippen LogP contribution in [0.3, 0.4) is 0 Å². The van der Waals surface area contributed by atoms with Gasteiger partial charge in [-0.1, -0.05) is 29.5 Å². The molecule has 13 heavy (non-hydrogen) atoms. The molecule has 1 rings (SSSR count). The molecule has 74 valence electrons. The van der Waals surface area contributed by atoms with E-state index in [1.54, 1.807) is 0 Å². The van der Waals surface area contributed by atoms with E-state index in [9.17, 15) is 0 Å². The van der Waals surface area contributed by atoms with Gasteiger partial charge in [-0.05, 0) is 31.5 Å². The van der Waals surface area contributed by atoms with Crippen LogP contribution in [-0.4, -0.2) is 11.0 Å². The van der Waals surface area contributed by atoms with Crippen molar-refractivity contribution in [2.45, 2.75) is 26.3 Å². The van der Waals surface area contributed by atoms with Crippen molar-refractivity contribution in [3.63, 3.8) is 0 Å². The Labute approximate surface area is 98.1 Å². The fraction of sp³-hybridized carbons (Fsp3) is 0.600. The third-order valence-electron chi connectivity index (χ3n) is 1.85. The molecule has 0 aliphatic heterocycles. The van der Waals surface area contributed by atoms with Crippen molar-refractivity contribution in [1.29, 1.82) is 0 Å². The smallest absolute Gasteiger partial charge is 0.0299 e. The molecule has 0 aromatic carbocycles. The maximum atomic E-state index is 3.45. The molecule has 0 amide bonds. The highest BCUT2D eigenvalue weighted by atomic mass is 127. The molecule has 0 radical (unpaired) electrons. The van der Waals surface area contributed by atoms with Crippen LogP contribution in [-0.2, 0) is 13.0 Å². The Bertz CT molecular complexity index is 235. The summed E-state index contributed by atoms with van der Waals surface area (Å²) in [5.74, 6) is 0. The van der Waals surface area contributed by atoms with E-state index in [0.29, 0.717) is 0 Å². The molecule has 1 aromatic heterocycles. The predicted molar refractivity (Wildman–Crippen MR) is 68.9 cm³/mol. The second-order valence-corrected chi connectivity index (χ2v) is 5.27. The molecular formula is C10H16INS. The maximum Gasteiger partial charge on any atom is 0.0299 e. The average Bonchev–Trinajstić information content (AvgIpc) is 2.60. The Balaban J connectivity index is 2.20. The van der Waals surface area contributed by atoms with Gasteiger partial charge in [0.1, 0.15) is 0 Å². The van der Waals surface area contributed by atoms with Crippen LogP contribution in [0.2, 0.25) is 0 Å². The number of thiophene rings is 1. The molecule has 3 heteroatoms. The van der Waals surface area contributed by atoms with Gasteiger partial charge < -0.3 is 5.32 Å². The lowest BCUT2D eigenvalue weighted by atomic mass is 10.3. The van der Waals surface area contributed by atoms with Crippen molar-refractivity contribution < 1.29 is 0 Å². The number of aryl methyl sites for hydroxylation is 1. The van der Waals surface area contributed by atoms with E-state index in [-0.39, 0.29) is 0 Å². The van der Waals surface area contributed by atoms with Crippen LogP contribution in [0.1, 0.15) is 23.1 Å². The summed E-state index contributed by atoms with van der Waals surface area (Å²) in [7, 11) is 0. The molecule has 1 nitrogen and oxygen atoms in total. The summed E-state index contributed by atoms with van der Waals surface area (Å²) >= 11 is 4.34. The summed E-state index contributed by atoms with van der Waals surface area (Å²) in [6.45, 7) is 4.39. The summed E-state index contributed by atoms with van der Waals surface area (Å²) in [5.41, 5.74) is 0. The molecule has 0 aliphatic rings. The lowest BCUT2D eigenvalue weighted by Crippen LogP contribution is -2.13. The van der Waals surface area contributed by atoms with E-state index >= 15 is 0 Å². The summed E-state index contributed by atoms with van der Waals surface area (Å²) in [4.78, 5) is 2.95. The lowest BCUT2D eigenvalue weighted by molar-refractivity contribution is 0.688. The van der Waals surface area contributed by atoms with Gasteiger partial charge in [0.15, 0.2) is 0 Å². The fourth-order valence-corrected chi connectivity index (χ4v) is 2.42. The Morgan fingerprint density at radius 3 is 2.77 bits per heavy atom. The Morgan fingerprint density at radius 2 is 2.15 bits per heavy atom. The molecule has 0 atom stereocenters. The predicted octanol–water partition coefficient (Wildman–Crippen LogP) is 3.23. The molecule has 0 saturated carbocycles. The first-order valence-electron chi connectivity index (χ1n) is 4.71. The normalized spacial score (nSPS) is 10.6. The van der Waals surface area contributed by atoms with Gasteiger partial charge in [-0.3, -0.25) is 0 Å². The third kappa shape index (κ3) is 4.42. The van der Waals surface area contributed by atoms with Crippen LogP contribution < -0.4 is 5.32 Å². The number of hydrogen-bond donors (Lipinski definition) is 1. The van der Waals surface area contributed by atoms with Gasteiger partial charge in [0, 0.05) is 20.7 Å². The van der Waals surface area contributed by atoms with E-state index in [1.165, 1.54) is 27.0 Å². The second kappa shape index (κ2) is 6.79. The Morgan fingerprint density at radius 1 is 1.38 bits per heavy atom. The number of hydrogen-bond acceptors (Lipinski definition) is 2. The molecule has 0 saturated heterocycles. The first kappa shape index (κ1) is 11.5. The van der Waals surface area contributed by atoms with Gasteiger partial charge in [-0.25, -0.2) is 0 Å².